The molecule has 132 valence electrons. The SMILES string of the molecule is O=C(CSCC(=O)N1CCN(c2nccs2)CC1)N1CCOCC1. The Morgan fingerprint density at radius 2 is 1.67 bits per heavy atom. The van der Waals surface area contributed by atoms with Crippen LogP contribution in [0.3, 0.4) is 0 Å². The van der Waals surface area contributed by atoms with Crippen molar-refractivity contribution in [1.82, 2.24) is 14.8 Å². The lowest BCUT2D eigenvalue weighted by Gasteiger charge is -2.34. The Kier molecular flexibility index (Phi) is 6.33. The Bertz CT molecular complexity index is 541. The van der Waals surface area contributed by atoms with Gasteiger partial charge in [-0.15, -0.1) is 23.1 Å². The van der Waals surface area contributed by atoms with Gasteiger partial charge in [0.15, 0.2) is 5.13 Å². The molecule has 3 heterocycles. The van der Waals surface area contributed by atoms with Gasteiger partial charge in [-0.25, -0.2) is 4.98 Å². The van der Waals surface area contributed by atoms with E-state index in [1.54, 1.807) is 17.5 Å². The first-order chi connectivity index (χ1) is 11.7. The smallest absolute Gasteiger partial charge is 0.232 e. The second-order valence-electron chi connectivity index (χ2n) is 5.67. The molecule has 0 atom stereocenters. The van der Waals surface area contributed by atoms with Gasteiger partial charge in [-0.1, -0.05) is 0 Å². The Morgan fingerprint density at radius 3 is 2.25 bits per heavy atom. The summed E-state index contributed by atoms with van der Waals surface area (Å²) >= 11 is 3.03. The number of hydrogen-bond donors (Lipinski definition) is 0. The van der Waals surface area contributed by atoms with Crippen LogP contribution in [0.25, 0.3) is 0 Å². The van der Waals surface area contributed by atoms with E-state index in [4.69, 9.17) is 4.74 Å². The molecule has 1 aromatic rings. The molecule has 2 saturated heterocycles. The predicted octanol–water partition coefficient (Wildman–Crippen LogP) is 0.384. The fourth-order valence-corrected chi connectivity index (χ4v) is 4.25. The zero-order chi connectivity index (χ0) is 16.8. The van der Waals surface area contributed by atoms with Crippen molar-refractivity contribution in [2.45, 2.75) is 0 Å². The second kappa shape index (κ2) is 8.68. The number of carbonyl (C=O) groups excluding carboxylic acids is 2. The highest BCUT2D eigenvalue weighted by Gasteiger charge is 2.23. The maximum absolute atomic E-state index is 12.3. The number of thioether (sulfide) groups is 1. The van der Waals surface area contributed by atoms with Gasteiger partial charge in [-0.05, 0) is 0 Å². The summed E-state index contributed by atoms with van der Waals surface area (Å²) in [6.45, 7) is 5.61. The number of nitrogens with zero attached hydrogens (tertiary/aromatic N) is 4. The molecule has 2 aliphatic heterocycles. The van der Waals surface area contributed by atoms with Crippen LogP contribution in [0.4, 0.5) is 5.13 Å². The second-order valence-corrected chi connectivity index (χ2v) is 7.53. The molecule has 2 aliphatic rings. The van der Waals surface area contributed by atoms with Crippen LogP contribution in [0.2, 0.25) is 0 Å². The summed E-state index contributed by atoms with van der Waals surface area (Å²) in [5, 5.41) is 2.99. The number of hydrogen-bond acceptors (Lipinski definition) is 7. The summed E-state index contributed by atoms with van der Waals surface area (Å²) in [6, 6.07) is 0. The maximum atomic E-state index is 12.3. The van der Waals surface area contributed by atoms with Gasteiger partial charge in [0.1, 0.15) is 0 Å². The van der Waals surface area contributed by atoms with Crippen LogP contribution < -0.4 is 4.90 Å². The third-order valence-electron chi connectivity index (χ3n) is 4.14. The molecule has 0 aliphatic carbocycles. The quantitative estimate of drug-likeness (QED) is 0.747. The molecule has 0 aromatic carbocycles. The number of rotatable bonds is 5. The number of carbonyl (C=O) groups is 2. The van der Waals surface area contributed by atoms with Crippen molar-refractivity contribution < 1.29 is 14.3 Å². The van der Waals surface area contributed by atoms with Gasteiger partial charge in [0.2, 0.25) is 11.8 Å². The molecule has 0 N–H and O–H groups in total. The van der Waals surface area contributed by atoms with Crippen molar-refractivity contribution in [3.63, 3.8) is 0 Å². The first-order valence-electron chi connectivity index (χ1n) is 8.09. The molecule has 3 rings (SSSR count). The summed E-state index contributed by atoms with van der Waals surface area (Å²) in [5.74, 6) is 0.955. The summed E-state index contributed by atoms with van der Waals surface area (Å²) in [6.07, 6.45) is 1.81. The van der Waals surface area contributed by atoms with E-state index >= 15 is 0 Å². The molecular weight excluding hydrogens is 348 g/mol. The molecule has 0 saturated carbocycles. The van der Waals surface area contributed by atoms with Crippen LogP contribution in [0.5, 0.6) is 0 Å². The van der Waals surface area contributed by atoms with Gasteiger partial charge in [0.05, 0.1) is 24.7 Å². The van der Waals surface area contributed by atoms with Gasteiger partial charge in [0, 0.05) is 50.8 Å². The van der Waals surface area contributed by atoms with E-state index < -0.39 is 0 Å². The van der Waals surface area contributed by atoms with Gasteiger partial charge >= 0.3 is 0 Å². The molecule has 0 radical (unpaired) electrons. The van der Waals surface area contributed by atoms with Crippen molar-refractivity contribution in [1.29, 1.82) is 0 Å². The minimum Gasteiger partial charge on any atom is -0.378 e. The van der Waals surface area contributed by atoms with Gasteiger partial charge in [-0.3, -0.25) is 9.59 Å². The fraction of sp³-hybridized carbons (Fsp3) is 0.667. The maximum Gasteiger partial charge on any atom is 0.232 e. The summed E-state index contributed by atoms with van der Waals surface area (Å²) in [5.41, 5.74) is 0. The summed E-state index contributed by atoms with van der Waals surface area (Å²) < 4.78 is 5.24. The highest BCUT2D eigenvalue weighted by atomic mass is 32.2. The van der Waals surface area contributed by atoms with Gasteiger partial charge in [0.25, 0.3) is 0 Å². The van der Waals surface area contributed by atoms with E-state index in [9.17, 15) is 9.59 Å². The third kappa shape index (κ3) is 4.61. The topological polar surface area (TPSA) is 66.0 Å². The molecule has 24 heavy (non-hydrogen) atoms. The minimum absolute atomic E-state index is 0.102. The lowest BCUT2D eigenvalue weighted by Crippen LogP contribution is -2.49. The van der Waals surface area contributed by atoms with Gasteiger partial charge < -0.3 is 19.4 Å². The highest BCUT2D eigenvalue weighted by Crippen LogP contribution is 2.19. The van der Waals surface area contributed by atoms with Gasteiger partial charge in [-0.2, -0.15) is 0 Å². The standard InChI is InChI=1S/C15H22N4O3S2/c20-13(11-23-12-14(21)18-6-8-22-9-7-18)17-2-4-19(5-3-17)15-16-1-10-24-15/h1,10H,2-9,11-12H2. The Balaban J connectivity index is 1.34. The minimum atomic E-state index is 0.102. The molecule has 0 spiro atoms. The van der Waals surface area contributed by atoms with E-state index in [0.717, 1.165) is 31.3 Å². The van der Waals surface area contributed by atoms with Crippen molar-refractivity contribution in [3.05, 3.63) is 11.6 Å². The molecule has 2 fully saturated rings. The number of piperazine rings is 1. The average molecular weight is 371 g/mol. The predicted molar refractivity (Wildman–Crippen MR) is 95.6 cm³/mol. The molecule has 9 heteroatoms. The van der Waals surface area contributed by atoms with E-state index in [1.165, 1.54) is 11.8 Å². The zero-order valence-corrected chi connectivity index (χ0v) is 15.2. The molecule has 0 bridgehead atoms. The van der Waals surface area contributed by atoms with Crippen LogP contribution >= 0.6 is 23.1 Å². The number of anilines is 1. The van der Waals surface area contributed by atoms with Crippen LogP contribution in [0.15, 0.2) is 11.6 Å². The Morgan fingerprint density at radius 1 is 1.04 bits per heavy atom. The number of ether oxygens (including phenoxy) is 1. The molecule has 2 amide bonds. The third-order valence-corrected chi connectivity index (χ3v) is 5.87. The molecule has 0 unspecified atom stereocenters. The Labute approximate surface area is 149 Å². The lowest BCUT2D eigenvalue weighted by molar-refractivity contribution is -0.132. The summed E-state index contributed by atoms with van der Waals surface area (Å²) in [4.78, 5) is 34.5. The first kappa shape index (κ1) is 17.5. The zero-order valence-electron chi connectivity index (χ0n) is 13.6. The van der Waals surface area contributed by atoms with Crippen molar-refractivity contribution >= 4 is 40.0 Å². The number of morpholine rings is 1. The average Bonchev–Trinajstić information content (AvgIpc) is 3.17. The largest absolute Gasteiger partial charge is 0.378 e. The van der Waals surface area contributed by atoms with Crippen LogP contribution in [0.1, 0.15) is 0 Å². The van der Waals surface area contributed by atoms with E-state index in [1.807, 2.05) is 15.2 Å². The Hall–Kier alpha value is -1.32. The van der Waals surface area contributed by atoms with Crippen molar-refractivity contribution in [3.8, 4) is 0 Å². The number of thiazole rings is 1. The molecule has 7 nitrogen and oxygen atoms in total. The normalized spacial score (nSPS) is 18.8. The van der Waals surface area contributed by atoms with E-state index in [0.29, 0.717) is 37.8 Å². The monoisotopic (exact) mass is 370 g/mol. The summed E-state index contributed by atoms with van der Waals surface area (Å²) in [7, 11) is 0. The molecular formula is C15H22N4O3S2. The van der Waals surface area contributed by atoms with Crippen molar-refractivity contribution in [2.24, 2.45) is 0 Å². The van der Waals surface area contributed by atoms with Crippen LogP contribution in [0, 0.1) is 0 Å². The van der Waals surface area contributed by atoms with Crippen molar-refractivity contribution in [2.75, 3.05) is 68.9 Å². The fourth-order valence-electron chi connectivity index (χ4n) is 2.74. The number of aromatic nitrogens is 1. The van der Waals surface area contributed by atoms with Crippen LogP contribution in [-0.4, -0.2) is 90.6 Å². The molecule has 1 aromatic heterocycles. The van der Waals surface area contributed by atoms with E-state index in [2.05, 4.69) is 9.88 Å². The highest BCUT2D eigenvalue weighted by molar-refractivity contribution is 8.00. The lowest BCUT2D eigenvalue weighted by atomic mass is 10.3. The first-order valence-corrected chi connectivity index (χ1v) is 10.1. The van der Waals surface area contributed by atoms with E-state index in [-0.39, 0.29) is 11.8 Å². The number of amides is 2. The van der Waals surface area contributed by atoms with Crippen LogP contribution in [-0.2, 0) is 14.3 Å².